The fourth-order valence-corrected chi connectivity index (χ4v) is 3.91. The number of nitrogens with zero attached hydrogens (tertiary/aromatic N) is 1. The van der Waals surface area contributed by atoms with Crippen molar-refractivity contribution < 1.29 is 22.7 Å². The third-order valence-corrected chi connectivity index (χ3v) is 5.86. The molecule has 2 rings (SSSR count). The quantitative estimate of drug-likeness (QED) is 0.821. The molecule has 1 aliphatic rings. The molecule has 1 unspecified atom stereocenters. The van der Waals surface area contributed by atoms with Crippen molar-refractivity contribution in [3.8, 4) is 11.5 Å². The number of nitrogens with one attached hydrogen (secondary N) is 1. The van der Waals surface area contributed by atoms with Gasteiger partial charge in [0, 0.05) is 24.6 Å². The van der Waals surface area contributed by atoms with Crippen LogP contribution < -0.4 is 14.8 Å². The van der Waals surface area contributed by atoms with Crippen LogP contribution in [0.3, 0.4) is 0 Å². The first kappa shape index (κ1) is 19.5. The number of carbonyl (C=O) groups excluding carboxylic acids is 1. The Bertz CT molecular complexity index is 712. The Kier molecular flexibility index (Phi) is 6.29. The van der Waals surface area contributed by atoms with E-state index in [2.05, 4.69) is 5.32 Å². The highest BCUT2D eigenvalue weighted by molar-refractivity contribution is 7.88. The molecule has 0 spiro atoms. The summed E-state index contributed by atoms with van der Waals surface area (Å²) in [7, 11) is -0.0148. The predicted octanol–water partition coefficient (Wildman–Crippen LogP) is 1.55. The minimum atomic E-state index is -3.19. The molecule has 0 radical (unpaired) electrons. The lowest BCUT2D eigenvalue weighted by atomic mass is 9.96. The van der Waals surface area contributed by atoms with Crippen molar-refractivity contribution in [2.75, 3.05) is 33.6 Å². The second-order valence-corrected chi connectivity index (χ2v) is 8.26. The number of piperidine rings is 1. The summed E-state index contributed by atoms with van der Waals surface area (Å²) in [5.41, 5.74) is 0.837. The van der Waals surface area contributed by atoms with Crippen molar-refractivity contribution in [1.29, 1.82) is 0 Å². The highest BCUT2D eigenvalue weighted by Crippen LogP contribution is 2.30. The highest BCUT2D eigenvalue weighted by atomic mass is 32.2. The number of benzene rings is 1. The smallest absolute Gasteiger partial charge is 0.223 e. The van der Waals surface area contributed by atoms with Crippen LogP contribution in [0.15, 0.2) is 18.2 Å². The molecule has 7 nitrogen and oxygen atoms in total. The van der Waals surface area contributed by atoms with Gasteiger partial charge < -0.3 is 14.8 Å². The Morgan fingerprint density at radius 3 is 2.40 bits per heavy atom. The molecule has 1 N–H and O–H groups in total. The molecule has 0 aromatic heterocycles. The molecule has 1 heterocycles. The monoisotopic (exact) mass is 370 g/mol. The van der Waals surface area contributed by atoms with Crippen LogP contribution in [0.5, 0.6) is 11.5 Å². The number of rotatable bonds is 6. The predicted molar refractivity (Wildman–Crippen MR) is 95.2 cm³/mol. The van der Waals surface area contributed by atoms with E-state index in [1.807, 2.05) is 13.0 Å². The first-order valence-electron chi connectivity index (χ1n) is 8.23. The highest BCUT2D eigenvalue weighted by Gasteiger charge is 2.29. The van der Waals surface area contributed by atoms with Gasteiger partial charge in [0.05, 0.1) is 26.5 Å². The summed E-state index contributed by atoms with van der Waals surface area (Å²) in [5, 5.41) is 3.00. The minimum absolute atomic E-state index is 0.0643. The van der Waals surface area contributed by atoms with Crippen LogP contribution in [0.25, 0.3) is 0 Å². The normalized spacial score (nSPS) is 17.8. The Labute approximate surface area is 149 Å². The van der Waals surface area contributed by atoms with Gasteiger partial charge in [-0.15, -0.1) is 0 Å². The van der Waals surface area contributed by atoms with E-state index in [-0.39, 0.29) is 17.9 Å². The molecule has 0 aliphatic carbocycles. The van der Waals surface area contributed by atoms with Crippen molar-refractivity contribution in [2.24, 2.45) is 5.92 Å². The molecule has 1 amide bonds. The van der Waals surface area contributed by atoms with Gasteiger partial charge in [-0.05, 0) is 38.0 Å². The maximum absolute atomic E-state index is 12.5. The van der Waals surface area contributed by atoms with Gasteiger partial charge in [-0.1, -0.05) is 0 Å². The molecule has 1 fully saturated rings. The summed E-state index contributed by atoms with van der Waals surface area (Å²) in [6.45, 7) is 2.66. The summed E-state index contributed by atoms with van der Waals surface area (Å²) in [6.07, 6.45) is 2.26. The van der Waals surface area contributed by atoms with E-state index in [0.29, 0.717) is 37.4 Å². The third-order valence-electron chi connectivity index (χ3n) is 4.56. The van der Waals surface area contributed by atoms with Crippen molar-refractivity contribution in [3.63, 3.8) is 0 Å². The Balaban J connectivity index is 2.01. The van der Waals surface area contributed by atoms with Gasteiger partial charge in [0.15, 0.2) is 0 Å². The molecular weight excluding hydrogens is 344 g/mol. The SMILES string of the molecule is COc1ccc(OC)c(C(C)NC(=O)C2CCN(S(C)(=O)=O)CC2)c1. The molecule has 1 atom stereocenters. The van der Waals surface area contributed by atoms with E-state index in [9.17, 15) is 13.2 Å². The van der Waals surface area contributed by atoms with Crippen molar-refractivity contribution in [2.45, 2.75) is 25.8 Å². The van der Waals surface area contributed by atoms with E-state index in [0.717, 1.165) is 5.56 Å². The number of hydrogen-bond donors (Lipinski definition) is 1. The average molecular weight is 370 g/mol. The van der Waals surface area contributed by atoms with Gasteiger partial charge in [0.25, 0.3) is 0 Å². The second kappa shape index (κ2) is 8.05. The van der Waals surface area contributed by atoms with E-state index in [4.69, 9.17) is 9.47 Å². The Hall–Kier alpha value is -1.80. The van der Waals surface area contributed by atoms with Gasteiger partial charge in [0.2, 0.25) is 15.9 Å². The van der Waals surface area contributed by atoms with Gasteiger partial charge in [-0.25, -0.2) is 12.7 Å². The molecule has 0 saturated carbocycles. The van der Waals surface area contributed by atoms with Crippen LogP contribution in [0, 0.1) is 5.92 Å². The molecule has 1 aliphatic heterocycles. The number of methoxy groups -OCH3 is 2. The fourth-order valence-electron chi connectivity index (χ4n) is 3.04. The maximum atomic E-state index is 12.5. The van der Waals surface area contributed by atoms with Crippen LogP contribution in [0.1, 0.15) is 31.4 Å². The van der Waals surface area contributed by atoms with Crippen molar-refractivity contribution in [3.05, 3.63) is 23.8 Å². The molecule has 8 heteroatoms. The summed E-state index contributed by atoms with van der Waals surface area (Å²) in [4.78, 5) is 12.5. The lowest BCUT2D eigenvalue weighted by Gasteiger charge is -2.30. The van der Waals surface area contributed by atoms with Crippen LogP contribution in [-0.2, 0) is 14.8 Å². The number of ether oxygens (including phenoxy) is 2. The first-order valence-corrected chi connectivity index (χ1v) is 10.1. The number of amides is 1. The number of carbonyl (C=O) groups is 1. The zero-order valence-corrected chi connectivity index (χ0v) is 15.9. The molecular formula is C17H26N2O5S. The van der Waals surface area contributed by atoms with E-state index in [1.165, 1.54) is 10.6 Å². The zero-order chi connectivity index (χ0) is 18.6. The third kappa shape index (κ3) is 4.85. The summed E-state index contributed by atoms with van der Waals surface area (Å²) in [6, 6.07) is 5.21. The maximum Gasteiger partial charge on any atom is 0.223 e. The van der Waals surface area contributed by atoms with Crippen LogP contribution in [-0.4, -0.2) is 52.2 Å². The van der Waals surface area contributed by atoms with Crippen molar-refractivity contribution >= 4 is 15.9 Å². The Morgan fingerprint density at radius 2 is 1.88 bits per heavy atom. The molecule has 0 bridgehead atoms. The first-order chi connectivity index (χ1) is 11.8. The number of hydrogen-bond acceptors (Lipinski definition) is 5. The molecule has 25 heavy (non-hydrogen) atoms. The molecule has 1 aromatic carbocycles. The van der Waals surface area contributed by atoms with E-state index < -0.39 is 10.0 Å². The van der Waals surface area contributed by atoms with E-state index >= 15 is 0 Å². The van der Waals surface area contributed by atoms with E-state index in [1.54, 1.807) is 26.4 Å². The lowest BCUT2D eigenvalue weighted by Crippen LogP contribution is -2.43. The second-order valence-electron chi connectivity index (χ2n) is 6.27. The number of sulfonamides is 1. The van der Waals surface area contributed by atoms with Crippen LogP contribution >= 0.6 is 0 Å². The fraction of sp³-hybridized carbons (Fsp3) is 0.588. The van der Waals surface area contributed by atoms with Crippen molar-refractivity contribution in [1.82, 2.24) is 9.62 Å². The van der Waals surface area contributed by atoms with Crippen LogP contribution in [0.4, 0.5) is 0 Å². The standard InChI is InChI=1S/C17H26N2O5S/c1-12(15-11-14(23-2)5-6-16(15)24-3)18-17(20)13-7-9-19(10-8-13)25(4,21)22/h5-6,11-13H,7-10H2,1-4H3,(H,18,20). The topological polar surface area (TPSA) is 84.9 Å². The lowest BCUT2D eigenvalue weighted by molar-refractivity contribution is -0.126. The summed E-state index contributed by atoms with van der Waals surface area (Å²) >= 11 is 0. The van der Waals surface area contributed by atoms with Gasteiger partial charge in [0.1, 0.15) is 11.5 Å². The summed E-state index contributed by atoms with van der Waals surface area (Å²) < 4.78 is 35.1. The molecule has 1 saturated heterocycles. The molecule has 1 aromatic rings. The van der Waals surface area contributed by atoms with Gasteiger partial charge in [-0.3, -0.25) is 4.79 Å². The zero-order valence-electron chi connectivity index (χ0n) is 15.1. The largest absolute Gasteiger partial charge is 0.497 e. The molecule has 140 valence electrons. The average Bonchev–Trinajstić information content (AvgIpc) is 2.60. The summed E-state index contributed by atoms with van der Waals surface area (Å²) in [5.74, 6) is 1.13. The minimum Gasteiger partial charge on any atom is -0.497 e. The van der Waals surface area contributed by atoms with Gasteiger partial charge >= 0.3 is 0 Å². The van der Waals surface area contributed by atoms with Crippen LogP contribution in [0.2, 0.25) is 0 Å². The van der Waals surface area contributed by atoms with Gasteiger partial charge in [-0.2, -0.15) is 0 Å². The Morgan fingerprint density at radius 1 is 1.24 bits per heavy atom.